The van der Waals surface area contributed by atoms with Crippen LogP contribution in [0.25, 0.3) is 0 Å². The van der Waals surface area contributed by atoms with E-state index in [4.69, 9.17) is 16.3 Å². The van der Waals surface area contributed by atoms with Crippen LogP contribution in [0.2, 0.25) is 5.02 Å². The summed E-state index contributed by atoms with van der Waals surface area (Å²) >= 11 is 9.50. The molecule has 0 aliphatic heterocycles. The van der Waals surface area contributed by atoms with Gasteiger partial charge in [-0.05, 0) is 60.0 Å². The molecule has 31 heavy (non-hydrogen) atoms. The number of carboxylic acids is 1. The van der Waals surface area contributed by atoms with Crippen LogP contribution in [0.1, 0.15) is 58.8 Å². The zero-order valence-corrected chi connectivity index (χ0v) is 19.2. The Morgan fingerprint density at radius 3 is 2.32 bits per heavy atom. The highest BCUT2D eigenvalue weighted by atomic mass is 79.9. The molecule has 3 aromatic carbocycles. The molecule has 2 atom stereocenters. The summed E-state index contributed by atoms with van der Waals surface area (Å²) in [6.07, 6.45) is 1.34. The molecule has 1 N–H and O–H groups in total. The van der Waals surface area contributed by atoms with Crippen LogP contribution >= 0.6 is 27.5 Å². The SMILES string of the molecule is CCCC(c1ccc(C(=O)O)cc1)C(Oc1ccc(Br)cc1C#N)c1ccc(Cl)cc1. The summed E-state index contributed by atoms with van der Waals surface area (Å²) in [5, 5.41) is 19.4. The lowest BCUT2D eigenvalue weighted by molar-refractivity contribution is 0.0697. The number of carbonyl (C=O) groups is 1. The molecule has 0 saturated heterocycles. The Kier molecular flexibility index (Phi) is 7.73. The molecule has 0 aromatic heterocycles. The Labute approximate surface area is 195 Å². The van der Waals surface area contributed by atoms with Crippen molar-refractivity contribution in [3.05, 3.63) is 98.5 Å². The molecule has 0 aliphatic carbocycles. The average molecular weight is 499 g/mol. The molecule has 0 radical (unpaired) electrons. The molecule has 158 valence electrons. The van der Waals surface area contributed by atoms with Gasteiger partial charge in [-0.25, -0.2) is 4.79 Å². The molecule has 0 aliphatic rings. The van der Waals surface area contributed by atoms with Gasteiger partial charge in [0.05, 0.1) is 11.1 Å². The van der Waals surface area contributed by atoms with Gasteiger partial charge in [0.2, 0.25) is 0 Å². The fourth-order valence-corrected chi connectivity index (χ4v) is 4.03. The zero-order valence-electron chi connectivity index (χ0n) is 16.9. The first-order valence-corrected chi connectivity index (χ1v) is 11.0. The minimum absolute atomic E-state index is 0.0517. The van der Waals surface area contributed by atoms with Gasteiger partial charge in [0, 0.05) is 15.4 Å². The maximum absolute atomic E-state index is 11.3. The largest absolute Gasteiger partial charge is 0.484 e. The van der Waals surface area contributed by atoms with Gasteiger partial charge in [-0.15, -0.1) is 0 Å². The summed E-state index contributed by atoms with van der Waals surface area (Å²) in [7, 11) is 0. The van der Waals surface area contributed by atoms with Gasteiger partial charge in [-0.1, -0.05) is 65.1 Å². The highest BCUT2D eigenvalue weighted by Gasteiger charge is 2.27. The van der Waals surface area contributed by atoms with Crippen molar-refractivity contribution in [1.29, 1.82) is 5.26 Å². The van der Waals surface area contributed by atoms with Crippen LogP contribution in [-0.4, -0.2) is 11.1 Å². The number of aromatic carboxylic acids is 1. The minimum Gasteiger partial charge on any atom is -0.484 e. The van der Waals surface area contributed by atoms with E-state index in [9.17, 15) is 15.2 Å². The molecule has 0 heterocycles. The smallest absolute Gasteiger partial charge is 0.335 e. The number of hydrogen-bond acceptors (Lipinski definition) is 3. The second kappa shape index (κ2) is 10.5. The van der Waals surface area contributed by atoms with Gasteiger partial charge in [0.1, 0.15) is 17.9 Å². The van der Waals surface area contributed by atoms with Gasteiger partial charge in [0.15, 0.2) is 0 Å². The maximum atomic E-state index is 11.3. The minimum atomic E-state index is -0.961. The molecule has 0 bridgehead atoms. The molecule has 6 heteroatoms. The third kappa shape index (κ3) is 5.66. The fraction of sp³-hybridized carbons (Fsp3) is 0.200. The van der Waals surface area contributed by atoms with Crippen molar-refractivity contribution >= 4 is 33.5 Å². The highest BCUT2D eigenvalue weighted by molar-refractivity contribution is 9.10. The second-order valence-electron chi connectivity index (χ2n) is 7.16. The number of carboxylic acid groups (broad SMARTS) is 1. The first kappa shape index (κ1) is 22.9. The molecule has 0 spiro atoms. The topological polar surface area (TPSA) is 70.3 Å². The third-order valence-corrected chi connectivity index (χ3v) is 5.81. The average Bonchev–Trinajstić information content (AvgIpc) is 2.77. The lowest BCUT2D eigenvalue weighted by Gasteiger charge is -2.29. The van der Waals surface area contributed by atoms with E-state index in [1.165, 1.54) is 0 Å². The van der Waals surface area contributed by atoms with E-state index < -0.39 is 5.97 Å². The number of benzene rings is 3. The van der Waals surface area contributed by atoms with Crippen molar-refractivity contribution in [3.63, 3.8) is 0 Å². The van der Waals surface area contributed by atoms with Gasteiger partial charge in [-0.2, -0.15) is 5.26 Å². The molecular weight excluding hydrogens is 478 g/mol. The molecule has 0 fully saturated rings. The Hall–Kier alpha value is -2.81. The second-order valence-corrected chi connectivity index (χ2v) is 8.52. The summed E-state index contributed by atoms with van der Waals surface area (Å²) in [4.78, 5) is 11.3. The van der Waals surface area contributed by atoms with E-state index in [1.807, 2.05) is 42.5 Å². The van der Waals surface area contributed by atoms with Crippen LogP contribution in [0, 0.1) is 11.3 Å². The van der Waals surface area contributed by atoms with Crippen molar-refractivity contribution in [2.24, 2.45) is 0 Å². The normalized spacial score (nSPS) is 12.6. The quantitative estimate of drug-likeness (QED) is 0.352. The number of hydrogen-bond donors (Lipinski definition) is 1. The highest BCUT2D eigenvalue weighted by Crippen LogP contribution is 2.40. The van der Waals surface area contributed by atoms with Crippen molar-refractivity contribution < 1.29 is 14.6 Å². The van der Waals surface area contributed by atoms with Crippen LogP contribution < -0.4 is 4.74 Å². The van der Waals surface area contributed by atoms with E-state index in [2.05, 4.69) is 28.9 Å². The van der Waals surface area contributed by atoms with E-state index in [1.54, 1.807) is 24.3 Å². The van der Waals surface area contributed by atoms with Gasteiger partial charge in [-0.3, -0.25) is 0 Å². The van der Waals surface area contributed by atoms with Crippen LogP contribution in [0.4, 0.5) is 0 Å². The zero-order chi connectivity index (χ0) is 22.4. The van der Waals surface area contributed by atoms with Crippen LogP contribution in [0.15, 0.2) is 71.2 Å². The van der Waals surface area contributed by atoms with Crippen molar-refractivity contribution in [3.8, 4) is 11.8 Å². The van der Waals surface area contributed by atoms with E-state index in [-0.39, 0.29) is 17.6 Å². The standard InChI is InChI=1S/C25H21BrClNO3/c1-2-3-22(16-4-6-18(7-5-16)25(29)30)24(17-8-11-21(27)12-9-17)31-23-13-10-20(26)14-19(23)15-28/h4-14,22,24H,2-3H2,1H3,(H,29,30). The molecular formula is C25H21BrClNO3. The Morgan fingerprint density at radius 2 is 1.74 bits per heavy atom. The van der Waals surface area contributed by atoms with Gasteiger partial charge >= 0.3 is 5.97 Å². The Bertz CT molecular complexity index is 1090. The summed E-state index contributed by atoms with van der Waals surface area (Å²) in [5.74, 6) is -0.518. The van der Waals surface area contributed by atoms with Crippen molar-refractivity contribution in [2.75, 3.05) is 0 Å². The van der Waals surface area contributed by atoms with E-state index in [0.29, 0.717) is 16.3 Å². The lowest BCUT2D eigenvalue weighted by atomic mass is 9.85. The van der Waals surface area contributed by atoms with E-state index >= 15 is 0 Å². The number of halogens is 2. The van der Waals surface area contributed by atoms with Gasteiger partial charge in [0.25, 0.3) is 0 Å². The summed E-state index contributed by atoms with van der Waals surface area (Å²) in [6, 6.07) is 21.9. The van der Waals surface area contributed by atoms with Crippen molar-refractivity contribution in [1.82, 2.24) is 0 Å². The predicted octanol–water partition coefficient (Wildman–Crippen LogP) is 7.38. The monoisotopic (exact) mass is 497 g/mol. The van der Waals surface area contributed by atoms with Gasteiger partial charge < -0.3 is 9.84 Å². The summed E-state index contributed by atoms with van der Waals surface area (Å²) in [5.41, 5.74) is 2.58. The molecule has 0 amide bonds. The first-order valence-electron chi connectivity index (χ1n) is 9.88. The van der Waals surface area contributed by atoms with E-state index in [0.717, 1.165) is 28.4 Å². The maximum Gasteiger partial charge on any atom is 0.335 e. The predicted molar refractivity (Wildman–Crippen MR) is 125 cm³/mol. The molecule has 3 aromatic rings. The van der Waals surface area contributed by atoms with Crippen LogP contribution in [0.5, 0.6) is 5.75 Å². The summed E-state index contributed by atoms with van der Waals surface area (Å²) in [6.45, 7) is 2.10. The molecule has 4 nitrogen and oxygen atoms in total. The first-order chi connectivity index (χ1) is 14.9. The molecule has 3 rings (SSSR count). The van der Waals surface area contributed by atoms with Crippen LogP contribution in [0.3, 0.4) is 0 Å². The number of nitriles is 1. The number of ether oxygens (including phenoxy) is 1. The lowest BCUT2D eigenvalue weighted by Crippen LogP contribution is -2.18. The number of rotatable bonds is 8. The Balaban J connectivity index is 2.07. The molecule has 2 unspecified atom stereocenters. The summed E-state index contributed by atoms with van der Waals surface area (Å²) < 4.78 is 7.26. The number of nitrogens with zero attached hydrogens (tertiary/aromatic N) is 1. The fourth-order valence-electron chi connectivity index (χ4n) is 3.54. The third-order valence-electron chi connectivity index (χ3n) is 5.07. The molecule has 0 saturated carbocycles. The van der Waals surface area contributed by atoms with Crippen molar-refractivity contribution in [2.45, 2.75) is 31.8 Å². The Morgan fingerprint density at radius 1 is 1.10 bits per heavy atom. The van der Waals surface area contributed by atoms with Crippen LogP contribution in [-0.2, 0) is 0 Å².